The predicted molar refractivity (Wildman–Crippen MR) is 87.1 cm³/mol. The number of nitrogens with zero attached hydrogens (tertiary/aromatic N) is 3. The molecule has 0 aromatic carbocycles. The van der Waals surface area contributed by atoms with Crippen LogP contribution in [0.1, 0.15) is 22.2 Å². The van der Waals surface area contributed by atoms with Crippen LogP contribution in [0.2, 0.25) is 0 Å². The summed E-state index contributed by atoms with van der Waals surface area (Å²) in [5.74, 6) is 0.680. The quantitative estimate of drug-likeness (QED) is 0.656. The van der Waals surface area contributed by atoms with Crippen LogP contribution in [0.15, 0.2) is 41.1 Å². The monoisotopic (exact) mass is 361 g/mol. The molecule has 3 aromatic heterocycles. The Kier molecular flexibility index (Phi) is 3.98. The first-order valence-electron chi connectivity index (χ1n) is 6.47. The van der Waals surface area contributed by atoms with Crippen LogP contribution in [0.25, 0.3) is 16.4 Å². The standard InChI is InChI=1S/C15H12BrN3OS/c1-2-12-4-5-13(21-12)15-10(9-20)8-19(18-15)14-6-3-11(16)7-17-14/h3-9H,2H2,1H3. The zero-order valence-corrected chi connectivity index (χ0v) is 13.7. The molecule has 0 aliphatic carbocycles. The molecule has 6 heteroatoms. The van der Waals surface area contributed by atoms with Crippen molar-refractivity contribution in [2.45, 2.75) is 13.3 Å². The Balaban J connectivity index is 2.05. The largest absolute Gasteiger partial charge is 0.298 e. The third-order valence-corrected chi connectivity index (χ3v) is 4.76. The molecule has 0 fully saturated rings. The van der Waals surface area contributed by atoms with Gasteiger partial charge in [-0.2, -0.15) is 5.10 Å². The van der Waals surface area contributed by atoms with E-state index < -0.39 is 0 Å². The van der Waals surface area contributed by atoms with Gasteiger partial charge in [0.2, 0.25) is 0 Å². The summed E-state index contributed by atoms with van der Waals surface area (Å²) < 4.78 is 2.54. The molecule has 4 nitrogen and oxygen atoms in total. The number of carbonyl (C=O) groups is 1. The fourth-order valence-electron chi connectivity index (χ4n) is 1.98. The highest BCUT2D eigenvalue weighted by Crippen LogP contribution is 2.29. The number of hydrogen-bond donors (Lipinski definition) is 0. The van der Waals surface area contributed by atoms with Gasteiger partial charge in [0, 0.05) is 21.7 Å². The van der Waals surface area contributed by atoms with E-state index in [0.29, 0.717) is 17.1 Å². The average molecular weight is 362 g/mol. The van der Waals surface area contributed by atoms with Gasteiger partial charge in [0.15, 0.2) is 12.1 Å². The van der Waals surface area contributed by atoms with E-state index in [4.69, 9.17) is 0 Å². The number of halogens is 1. The van der Waals surface area contributed by atoms with Gasteiger partial charge in [-0.3, -0.25) is 4.79 Å². The summed E-state index contributed by atoms with van der Waals surface area (Å²) in [4.78, 5) is 17.9. The van der Waals surface area contributed by atoms with E-state index in [9.17, 15) is 4.79 Å². The molecular weight excluding hydrogens is 350 g/mol. The number of hydrogen-bond acceptors (Lipinski definition) is 4. The number of aromatic nitrogens is 3. The van der Waals surface area contributed by atoms with Crippen LogP contribution in [0.3, 0.4) is 0 Å². The third kappa shape index (κ3) is 2.82. The van der Waals surface area contributed by atoms with Gasteiger partial charge >= 0.3 is 0 Å². The first-order valence-corrected chi connectivity index (χ1v) is 8.08. The van der Waals surface area contributed by atoms with Gasteiger partial charge in [0.05, 0.1) is 10.4 Å². The van der Waals surface area contributed by atoms with Crippen LogP contribution in [0, 0.1) is 0 Å². The Hall–Kier alpha value is -1.79. The van der Waals surface area contributed by atoms with E-state index in [0.717, 1.165) is 22.1 Å². The Morgan fingerprint density at radius 1 is 1.33 bits per heavy atom. The van der Waals surface area contributed by atoms with Gasteiger partial charge in [-0.25, -0.2) is 9.67 Å². The molecule has 3 heterocycles. The second-order valence-electron chi connectivity index (χ2n) is 4.45. The molecule has 0 aliphatic heterocycles. The summed E-state index contributed by atoms with van der Waals surface area (Å²) >= 11 is 5.02. The smallest absolute Gasteiger partial charge is 0.153 e. The molecular formula is C15H12BrN3OS. The molecule has 0 N–H and O–H groups in total. The van der Waals surface area contributed by atoms with E-state index in [1.807, 2.05) is 18.2 Å². The van der Waals surface area contributed by atoms with E-state index in [-0.39, 0.29) is 0 Å². The SMILES string of the molecule is CCc1ccc(-c2nn(-c3ccc(Br)cn3)cc2C=O)s1. The summed E-state index contributed by atoms with van der Waals surface area (Å²) in [5.41, 5.74) is 1.28. The molecule has 106 valence electrons. The number of carbonyl (C=O) groups excluding carboxylic acids is 1. The summed E-state index contributed by atoms with van der Waals surface area (Å²) in [6.45, 7) is 2.11. The molecule has 0 radical (unpaired) electrons. The molecule has 0 amide bonds. The maximum absolute atomic E-state index is 11.3. The van der Waals surface area contributed by atoms with E-state index in [2.05, 4.69) is 39.0 Å². The third-order valence-electron chi connectivity index (χ3n) is 3.06. The molecule has 3 aromatic rings. The van der Waals surface area contributed by atoms with Crippen molar-refractivity contribution in [1.29, 1.82) is 0 Å². The lowest BCUT2D eigenvalue weighted by atomic mass is 10.2. The fraction of sp³-hybridized carbons (Fsp3) is 0.133. The highest BCUT2D eigenvalue weighted by atomic mass is 79.9. The molecule has 0 aliphatic rings. The van der Waals surface area contributed by atoms with Crippen LogP contribution in [0.5, 0.6) is 0 Å². The summed E-state index contributed by atoms with van der Waals surface area (Å²) in [6, 6.07) is 7.83. The van der Waals surface area contributed by atoms with Crippen LogP contribution in [0.4, 0.5) is 0 Å². The first kappa shape index (κ1) is 14.2. The van der Waals surface area contributed by atoms with Crippen molar-refractivity contribution in [3.8, 4) is 16.4 Å². The van der Waals surface area contributed by atoms with Crippen molar-refractivity contribution < 1.29 is 4.79 Å². The van der Waals surface area contributed by atoms with E-state index in [1.165, 1.54) is 4.88 Å². The topological polar surface area (TPSA) is 47.8 Å². The molecule has 0 saturated heterocycles. The highest BCUT2D eigenvalue weighted by molar-refractivity contribution is 9.10. The van der Waals surface area contributed by atoms with Crippen molar-refractivity contribution in [1.82, 2.24) is 14.8 Å². The minimum absolute atomic E-state index is 0.573. The lowest BCUT2D eigenvalue weighted by molar-refractivity contribution is 0.112. The van der Waals surface area contributed by atoms with E-state index >= 15 is 0 Å². The van der Waals surface area contributed by atoms with Gasteiger partial charge in [-0.05, 0) is 46.6 Å². The maximum atomic E-state index is 11.3. The molecule has 21 heavy (non-hydrogen) atoms. The van der Waals surface area contributed by atoms with Crippen LogP contribution in [-0.2, 0) is 6.42 Å². The van der Waals surface area contributed by atoms with Crippen LogP contribution < -0.4 is 0 Å². The molecule has 0 bridgehead atoms. The van der Waals surface area contributed by atoms with E-state index in [1.54, 1.807) is 28.4 Å². The van der Waals surface area contributed by atoms with Crippen LogP contribution in [-0.4, -0.2) is 21.1 Å². The highest BCUT2D eigenvalue weighted by Gasteiger charge is 2.14. The summed E-state index contributed by atoms with van der Waals surface area (Å²) in [6.07, 6.45) is 5.24. The number of aldehydes is 1. The number of pyridine rings is 1. The predicted octanol–water partition coefficient (Wildman–Crippen LogP) is 4.13. The normalized spacial score (nSPS) is 10.8. The molecule has 0 spiro atoms. The van der Waals surface area contributed by atoms with Gasteiger partial charge in [-0.15, -0.1) is 11.3 Å². The first-order chi connectivity index (χ1) is 10.2. The second-order valence-corrected chi connectivity index (χ2v) is 6.53. The van der Waals surface area contributed by atoms with Gasteiger partial charge < -0.3 is 0 Å². The molecule has 0 unspecified atom stereocenters. The summed E-state index contributed by atoms with van der Waals surface area (Å²) in [7, 11) is 0. The van der Waals surface area contributed by atoms with Crippen molar-refractivity contribution in [3.63, 3.8) is 0 Å². The van der Waals surface area contributed by atoms with Gasteiger partial charge in [-0.1, -0.05) is 6.92 Å². The van der Waals surface area contributed by atoms with Crippen molar-refractivity contribution in [3.05, 3.63) is 51.6 Å². The minimum Gasteiger partial charge on any atom is -0.298 e. The lowest BCUT2D eigenvalue weighted by Gasteiger charge is -1.99. The lowest BCUT2D eigenvalue weighted by Crippen LogP contribution is -1.97. The number of thiophene rings is 1. The Bertz CT molecular complexity index is 777. The number of rotatable bonds is 4. The summed E-state index contributed by atoms with van der Waals surface area (Å²) in [5, 5.41) is 4.52. The van der Waals surface area contributed by atoms with Crippen molar-refractivity contribution in [2.75, 3.05) is 0 Å². The Morgan fingerprint density at radius 2 is 2.19 bits per heavy atom. The maximum Gasteiger partial charge on any atom is 0.153 e. The fourth-order valence-corrected chi connectivity index (χ4v) is 3.17. The second kappa shape index (κ2) is 5.91. The average Bonchev–Trinajstić information content (AvgIpc) is 3.14. The van der Waals surface area contributed by atoms with Gasteiger partial charge in [0.1, 0.15) is 5.69 Å². The van der Waals surface area contributed by atoms with Crippen molar-refractivity contribution >= 4 is 33.6 Å². The zero-order valence-electron chi connectivity index (χ0n) is 11.3. The van der Waals surface area contributed by atoms with Crippen LogP contribution >= 0.6 is 27.3 Å². The molecule has 0 atom stereocenters. The Morgan fingerprint density at radius 3 is 2.81 bits per heavy atom. The Labute approximate surface area is 134 Å². The minimum atomic E-state index is 0.573. The molecule has 3 rings (SSSR count). The zero-order chi connectivity index (χ0) is 14.8. The van der Waals surface area contributed by atoms with Crippen molar-refractivity contribution in [2.24, 2.45) is 0 Å². The van der Waals surface area contributed by atoms with Gasteiger partial charge in [0.25, 0.3) is 0 Å². The number of aryl methyl sites for hydroxylation is 1. The molecule has 0 saturated carbocycles.